The number of hydrogen-bond donors (Lipinski definition) is 1. The molecule has 1 N–H and O–H groups in total. The van der Waals surface area contributed by atoms with Crippen molar-refractivity contribution in [2.75, 3.05) is 30.9 Å². The number of nitrogens with one attached hydrogen (secondary N) is 1. The molecule has 2 aromatic carbocycles. The van der Waals surface area contributed by atoms with Crippen LogP contribution in [0.3, 0.4) is 0 Å². The SMILES string of the molecule is COc1ccc(NC(=O)CC2C(=O)N(C)C(=S)N2Cc2ccc(N3CCCC3=O)cc2)cc1. The third-order valence-corrected chi connectivity index (χ3v) is 6.46. The Morgan fingerprint density at radius 2 is 1.82 bits per heavy atom. The Kier molecular flexibility index (Phi) is 6.60. The fraction of sp³-hybridized carbons (Fsp3) is 0.333. The van der Waals surface area contributed by atoms with Crippen molar-refractivity contribution in [3.63, 3.8) is 0 Å². The molecule has 2 aromatic rings. The van der Waals surface area contributed by atoms with Crippen LogP contribution in [0.25, 0.3) is 0 Å². The van der Waals surface area contributed by atoms with E-state index in [1.54, 1.807) is 48.2 Å². The van der Waals surface area contributed by atoms with E-state index in [2.05, 4.69) is 5.32 Å². The van der Waals surface area contributed by atoms with Crippen LogP contribution in [0.2, 0.25) is 0 Å². The van der Waals surface area contributed by atoms with Gasteiger partial charge in [-0.15, -0.1) is 0 Å². The molecule has 8 nitrogen and oxygen atoms in total. The summed E-state index contributed by atoms with van der Waals surface area (Å²) in [7, 11) is 3.20. The first-order valence-corrected chi connectivity index (χ1v) is 11.2. The molecule has 3 amide bonds. The van der Waals surface area contributed by atoms with Crippen LogP contribution >= 0.6 is 12.2 Å². The maximum atomic E-state index is 12.8. The molecule has 2 fully saturated rings. The number of rotatable bonds is 7. The lowest BCUT2D eigenvalue weighted by Crippen LogP contribution is -2.37. The molecule has 4 rings (SSSR count). The molecule has 0 saturated carbocycles. The van der Waals surface area contributed by atoms with Crippen LogP contribution in [-0.2, 0) is 20.9 Å². The van der Waals surface area contributed by atoms with Gasteiger partial charge in [0.15, 0.2) is 5.11 Å². The van der Waals surface area contributed by atoms with Crippen molar-refractivity contribution in [3.8, 4) is 5.75 Å². The minimum Gasteiger partial charge on any atom is -0.497 e. The fourth-order valence-electron chi connectivity index (χ4n) is 4.11. The van der Waals surface area contributed by atoms with E-state index in [-0.39, 0.29) is 24.1 Å². The highest BCUT2D eigenvalue weighted by Gasteiger charge is 2.41. The molecule has 33 heavy (non-hydrogen) atoms. The molecule has 9 heteroatoms. The number of amides is 3. The van der Waals surface area contributed by atoms with Gasteiger partial charge in [0.25, 0.3) is 5.91 Å². The lowest BCUT2D eigenvalue weighted by molar-refractivity contribution is -0.130. The summed E-state index contributed by atoms with van der Waals surface area (Å²) in [6.45, 7) is 1.13. The van der Waals surface area contributed by atoms with E-state index in [0.29, 0.717) is 29.5 Å². The number of likely N-dealkylation sites (N-methyl/N-ethyl adjacent to an activating group) is 1. The van der Waals surface area contributed by atoms with E-state index in [0.717, 1.165) is 24.2 Å². The number of ether oxygens (including phenoxy) is 1. The van der Waals surface area contributed by atoms with Gasteiger partial charge in [-0.2, -0.15) is 0 Å². The Bertz CT molecular complexity index is 1070. The van der Waals surface area contributed by atoms with E-state index in [1.165, 1.54) is 4.90 Å². The Morgan fingerprint density at radius 3 is 2.42 bits per heavy atom. The first-order valence-electron chi connectivity index (χ1n) is 10.8. The first kappa shape index (κ1) is 22.7. The first-order chi connectivity index (χ1) is 15.9. The number of thiocarbonyl (C=S) groups is 1. The normalized spacial score (nSPS) is 18.3. The van der Waals surface area contributed by atoms with Crippen molar-refractivity contribution < 1.29 is 19.1 Å². The third-order valence-electron chi connectivity index (χ3n) is 5.95. The largest absolute Gasteiger partial charge is 0.497 e. The molecule has 0 aromatic heterocycles. The highest BCUT2D eigenvalue weighted by molar-refractivity contribution is 7.80. The highest BCUT2D eigenvalue weighted by Crippen LogP contribution is 2.26. The highest BCUT2D eigenvalue weighted by atomic mass is 32.1. The second-order valence-corrected chi connectivity index (χ2v) is 8.48. The van der Waals surface area contributed by atoms with Crippen molar-refractivity contribution >= 4 is 46.4 Å². The number of anilines is 2. The summed E-state index contributed by atoms with van der Waals surface area (Å²) in [5, 5.41) is 3.21. The van der Waals surface area contributed by atoms with E-state index in [4.69, 9.17) is 17.0 Å². The number of carbonyl (C=O) groups excluding carboxylic acids is 3. The van der Waals surface area contributed by atoms with Gasteiger partial charge < -0.3 is 19.9 Å². The number of nitrogens with zero attached hydrogens (tertiary/aromatic N) is 3. The van der Waals surface area contributed by atoms with E-state index in [9.17, 15) is 14.4 Å². The molecule has 2 aliphatic rings. The summed E-state index contributed by atoms with van der Waals surface area (Å²) in [5.74, 6) is 0.351. The lowest BCUT2D eigenvalue weighted by atomic mass is 10.1. The molecule has 0 radical (unpaired) electrons. The van der Waals surface area contributed by atoms with Gasteiger partial charge >= 0.3 is 0 Å². The van der Waals surface area contributed by atoms with Crippen LogP contribution in [-0.4, -0.2) is 59.4 Å². The smallest absolute Gasteiger partial charge is 0.251 e. The molecule has 1 atom stereocenters. The molecule has 2 aliphatic heterocycles. The monoisotopic (exact) mass is 466 g/mol. The van der Waals surface area contributed by atoms with E-state index >= 15 is 0 Å². The summed E-state index contributed by atoms with van der Waals surface area (Å²) in [4.78, 5) is 42.4. The van der Waals surface area contributed by atoms with Crippen molar-refractivity contribution in [3.05, 3.63) is 54.1 Å². The molecule has 2 saturated heterocycles. The van der Waals surface area contributed by atoms with Crippen LogP contribution in [0.15, 0.2) is 48.5 Å². The van der Waals surface area contributed by atoms with Crippen molar-refractivity contribution in [1.29, 1.82) is 0 Å². The summed E-state index contributed by atoms with van der Waals surface area (Å²) in [6, 6.07) is 14.0. The van der Waals surface area contributed by atoms with E-state index < -0.39 is 6.04 Å². The Labute approximate surface area is 198 Å². The summed E-state index contributed by atoms with van der Waals surface area (Å²) >= 11 is 5.49. The van der Waals surface area contributed by atoms with Gasteiger partial charge in [-0.3, -0.25) is 19.3 Å². The molecular weight excluding hydrogens is 440 g/mol. The topological polar surface area (TPSA) is 82.2 Å². The number of hydrogen-bond acceptors (Lipinski definition) is 5. The molecule has 1 unspecified atom stereocenters. The van der Waals surface area contributed by atoms with Gasteiger partial charge in [0.05, 0.1) is 13.5 Å². The van der Waals surface area contributed by atoms with Gasteiger partial charge in [0.1, 0.15) is 11.8 Å². The quantitative estimate of drug-likeness (QED) is 0.632. The molecular formula is C24H26N4O4S. The number of methoxy groups -OCH3 is 1. The predicted molar refractivity (Wildman–Crippen MR) is 129 cm³/mol. The van der Waals surface area contributed by atoms with Gasteiger partial charge in [-0.05, 0) is 60.6 Å². The standard InChI is InChI=1S/C24H26N4O4S/c1-26-23(31)20(14-21(29)25-17-7-11-19(32-2)12-8-17)28(24(26)33)15-16-5-9-18(10-6-16)27-13-3-4-22(27)30/h5-12,20H,3-4,13-15H2,1-2H3,(H,25,29). The zero-order valence-corrected chi connectivity index (χ0v) is 19.4. The van der Waals surface area contributed by atoms with Crippen molar-refractivity contribution in [2.24, 2.45) is 0 Å². The Morgan fingerprint density at radius 1 is 1.12 bits per heavy atom. The Balaban J connectivity index is 1.44. The molecule has 2 heterocycles. The third kappa shape index (κ3) is 4.83. The molecule has 0 bridgehead atoms. The van der Waals surface area contributed by atoms with Gasteiger partial charge in [0, 0.05) is 37.9 Å². The van der Waals surface area contributed by atoms with Crippen LogP contribution in [0.5, 0.6) is 5.75 Å². The maximum absolute atomic E-state index is 12.8. The number of benzene rings is 2. The Hall–Kier alpha value is -3.46. The van der Waals surface area contributed by atoms with Crippen molar-refractivity contribution in [1.82, 2.24) is 9.80 Å². The maximum Gasteiger partial charge on any atom is 0.251 e. The van der Waals surface area contributed by atoms with Crippen LogP contribution in [0, 0.1) is 0 Å². The number of carbonyl (C=O) groups is 3. The zero-order chi connectivity index (χ0) is 23.5. The molecule has 172 valence electrons. The second-order valence-electron chi connectivity index (χ2n) is 8.12. The second kappa shape index (κ2) is 9.58. The average molecular weight is 467 g/mol. The van der Waals surface area contributed by atoms with Crippen LogP contribution < -0.4 is 15.0 Å². The van der Waals surface area contributed by atoms with Gasteiger partial charge in [0.2, 0.25) is 11.8 Å². The van der Waals surface area contributed by atoms with E-state index in [1.807, 2.05) is 24.3 Å². The van der Waals surface area contributed by atoms with Gasteiger partial charge in [-0.1, -0.05) is 12.1 Å². The molecule has 0 aliphatic carbocycles. The summed E-state index contributed by atoms with van der Waals surface area (Å²) in [6.07, 6.45) is 1.44. The zero-order valence-electron chi connectivity index (χ0n) is 18.6. The average Bonchev–Trinajstić information content (AvgIpc) is 3.33. The van der Waals surface area contributed by atoms with Crippen LogP contribution in [0.4, 0.5) is 11.4 Å². The fourth-order valence-corrected chi connectivity index (χ4v) is 4.40. The minimum absolute atomic E-state index is 0.0181. The van der Waals surface area contributed by atoms with Gasteiger partial charge in [-0.25, -0.2) is 0 Å². The predicted octanol–water partition coefficient (Wildman–Crippen LogP) is 2.78. The lowest BCUT2D eigenvalue weighted by Gasteiger charge is -2.24. The van der Waals surface area contributed by atoms with Crippen LogP contribution in [0.1, 0.15) is 24.8 Å². The van der Waals surface area contributed by atoms with Crippen molar-refractivity contribution in [2.45, 2.75) is 31.8 Å². The minimum atomic E-state index is -0.680. The molecule has 0 spiro atoms. The summed E-state index contributed by atoms with van der Waals surface area (Å²) < 4.78 is 5.13. The summed E-state index contributed by atoms with van der Waals surface area (Å²) in [5.41, 5.74) is 2.44.